The summed E-state index contributed by atoms with van der Waals surface area (Å²) in [6, 6.07) is 15.6. The maximum absolute atomic E-state index is 4.22. The van der Waals surface area contributed by atoms with Gasteiger partial charge in [0.05, 0.1) is 0 Å². The second-order valence-corrected chi connectivity index (χ2v) is 5.63. The van der Waals surface area contributed by atoms with Gasteiger partial charge in [-0.15, -0.1) is 0 Å². The van der Waals surface area contributed by atoms with E-state index in [1.807, 2.05) is 18.5 Å². The number of hydrogen-bond acceptors (Lipinski definition) is 2. The van der Waals surface area contributed by atoms with Crippen LogP contribution in [0.15, 0.2) is 54.9 Å². The first-order valence-corrected chi connectivity index (χ1v) is 8.02. The molecule has 1 heterocycles. The van der Waals surface area contributed by atoms with E-state index < -0.39 is 0 Å². The highest BCUT2D eigenvalue weighted by Crippen LogP contribution is 2.24. The molecule has 2 unspecified atom stereocenters. The van der Waals surface area contributed by atoms with Crippen LogP contribution in [0.5, 0.6) is 0 Å². The fraction of sp³-hybridized carbons (Fsp3) is 0.421. The summed E-state index contributed by atoms with van der Waals surface area (Å²) in [6.45, 7) is 4.47. The van der Waals surface area contributed by atoms with Crippen molar-refractivity contribution in [1.82, 2.24) is 10.3 Å². The molecule has 2 heteroatoms. The molecule has 0 saturated heterocycles. The quantitative estimate of drug-likeness (QED) is 0.685. The van der Waals surface area contributed by atoms with Crippen LogP contribution in [-0.2, 0) is 0 Å². The number of aromatic nitrogens is 1. The molecular formula is C19H26N2. The maximum Gasteiger partial charge on any atom is 0.0325 e. The van der Waals surface area contributed by atoms with Gasteiger partial charge in [0, 0.05) is 24.5 Å². The van der Waals surface area contributed by atoms with Crippen molar-refractivity contribution in [3.8, 4) is 0 Å². The molecule has 0 saturated carbocycles. The van der Waals surface area contributed by atoms with Crippen molar-refractivity contribution in [3.63, 3.8) is 0 Å². The highest BCUT2D eigenvalue weighted by Gasteiger charge is 2.15. The van der Waals surface area contributed by atoms with Gasteiger partial charge in [-0.25, -0.2) is 0 Å². The zero-order valence-electron chi connectivity index (χ0n) is 13.1. The summed E-state index contributed by atoms with van der Waals surface area (Å²) >= 11 is 0. The van der Waals surface area contributed by atoms with E-state index in [1.165, 1.54) is 36.8 Å². The third-order valence-corrected chi connectivity index (χ3v) is 3.93. The zero-order valence-corrected chi connectivity index (χ0v) is 13.1. The minimum absolute atomic E-state index is 0.311. The molecule has 1 aromatic heterocycles. The van der Waals surface area contributed by atoms with E-state index in [0.29, 0.717) is 12.1 Å². The second-order valence-electron chi connectivity index (χ2n) is 5.63. The van der Waals surface area contributed by atoms with Crippen molar-refractivity contribution >= 4 is 0 Å². The molecule has 0 fully saturated rings. The molecule has 0 spiro atoms. The molecule has 0 aliphatic heterocycles. The molecule has 0 radical (unpaired) electrons. The first-order valence-electron chi connectivity index (χ1n) is 8.02. The topological polar surface area (TPSA) is 24.9 Å². The lowest BCUT2D eigenvalue weighted by atomic mass is 9.98. The van der Waals surface area contributed by atoms with Gasteiger partial charge in [0.2, 0.25) is 0 Å². The summed E-state index contributed by atoms with van der Waals surface area (Å²) < 4.78 is 0. The van der Waals surface area contributed by atoms with Gasteiger partial charge in [0.15, 0.2) is 0 Å². The number of benzene rings is 1. The SMILES string of the molecule is CCCCCC(NC(C)c1cccnc1)c1ccccc1. The molecule has 2 rings (SSSR count). The van der Waals surface area contributed by atoms with Gasteiger partial charge in [-0.1, -0.05) is 62.6 Å². The Labute approximate surface area is 128 Å². The van der Waals surface area contributed by atoms with Crippen molar-refractivity contribution in [2.24, 2.45) is 0 Å². The summed E-state index contributed by atoms with van der Waals surface area (Å²) in [6.07, 6.45) is 8.79. The summed E-state index contributed by atoms with van der Waals surface area (Å²) in [4.78, 5) is 4.22. The summed E-state index contributed by atoms with van der Waals surface area (Å²) in [5.41, 5.74) is 2.62. The molecule has 2 atom stereocenters. The molecule has 0 amide bonds. The van der Waals surface area contributed by atoms with Crippen LogP contribution in [0, 0.1) is 0 Å². The Morgan fingerprint density at radius 2 is 1.76 bits per heavy atom. The number of nitrogens with one attached hydrogen (secondary N) is 1. The van der Waals surface area contributed by atoms with E-state index in [0.717, 1.165) is 0 Å². The average Bonchev–Trinajstić information content (AvgIpc) is 2.55. The average molecular weight is 282 g/mol. The fourth-order valence-electron chi connectivity index (χ4n) is 2.66. The van der Waals surface area contributed by atoms with Crippen LogP contribution in [0.3, 0.4) is 0 Å². The third-order valence-electron chi connectivity index (χ3n) is 3.93. The van der Waals surface area contributed by atoms with Gasteiger partial charge in [0.1, 0.15) is 0 Å². The molecule has 0 bridgehead atoms. The molecule has 1 N–H and O–H groups in total. The molecule has 2 aromatic rings. The van der Waals surface area contributed by atoms with Gasteiger partial charge >= 0.3 is 0 Å². The van der Waals surface area contributed by atoms with Gasteiger partial charge in [0.25, 0.3) is 0 Å². The van der Waals surface area contributed by atoms with Crippen LogP contribution < -0.4 is 5.32 Å². The van der Waals surface area contributed by atoms with E-state index in [4.69, 9.17) is 0 Å². The molecule has 0 aliphatic carbocycles. The summed E-state index contributed by atoms with van der Waals surface area (Å²) in [7, 11) is 0. The Morgan fingerprint density at radius 3 is 2.43 bits per heavy atom. The normalized spacial score (nSPS) is 13.8. The van der Waals surface area contributed by atoms with E-state index in [1.54, 1.807) is 0 Å². The predicted molar refractivity (Wildman–Crippen MR) is 89.1 cm³/mol. The summed E-state index contributed by atoms with van der Waals surface area (Å²) in [5, 5.41) is 3.77. The predicted octanol–water partition coefficient (Wildman–Crippen LogP) is 5.05. The molecule has 112 valence electrons. The highest BCUT2D eigenvalue weighted by molar-refractivity contribution is 5.20. The monoisotopic (exact) mass is 282 g/mol. The first-order chi connectivity index (χ1) is 10.3. The van der Waals surface area contributed by atoms with E-state index in [-0.39, 0.29) is 0 Å². The Bertz CT molecular complexity index is 495. The van der Waals surface area contributed by atoms with Crippen LogP contribution in [0.25, 0.3) is 0 Å². The maximum atomic E-state index is 4.22. The number of rotatable bonds is 8. The standard InChI is InChI=1S/C19H26N2/c1-3-4-6-13-19(17-10-7-5-8-11-17)21-16(2)18-12-9-14-20-15-18/h5,7-12,14-16,19,21H,3-4,6,13H2,1-2H3. The Balaban J connectivity index is 2.05. The Morgan fingerprint density at radius 1 is 1.00 bits per heavy atom. The number of nitrogens with zero attached hydrogens (tertiary/aromatic N) is 1. The minimum atomic E-state index is 0.311. The first kappa shape index (κ1) is 15.7. The smallest absolute Gasteiger partial charge is 0.0325 e. The van der Waals surface area contributed by atoms with Crippen LogP contribution in [0.1, 0.15) is 62.7 Å². The van der Waals surface area contributed by atoms with Crippen molar-refractivity contribution in [3.05, 3.63) is 66.0 Å². The van der Waals surface area contributed by atoms with Crippen molar-refractivity contribution < 1.29 is 0 Å². The van der Waals surface area contributed by atoms with Gasteiger partial charge in [-0.2, -0.15) is 0 Å². The molecule has 0 aliphatic rings. The number of hydrogen-bond donors (Lipinski definition) is 1. The molecule has 2 nitrogen and oxygen atoms in total. The van der Waals surface area contributed by atoms with Gasteiger partial charge in [-0.05, 0) is 30.5 Å². The second kappa shape index (κ2) is 8.58. The zero-order chi connectivity index (χ0) is 14.9. The van der Waals surface area contributed by atoms with Crippen LogP contribution in [-0.4, -0.2) is 4.98 Å². The van der Waals surface area contributed by atoms with E-state index in [2.05, 4.69) is 60.5 Å². The fourth-order valence-corrected chi connectivity index (χ4v) is 2.66. The van der Waals surface area contributed by atoms with Gasteiger partial charge in [-0.3, -0.25) is 4.98 Å². The Hall–Kier alpha value is -1.67. The lowest BCUT2D eigenvalue weighted by molar-refractivity contribution is 0.427. The minimum Gasteiger partial charge on any atom is -0.303 e. The van der Waals surface area contributed by atoms with Crippen molar-refractivity contribution in [2.45, 2.75) is 51.6 Å². The third kappa shape index (κ3) is 4.98. The van der Waals surface area contributed by atoms with Gasteiger partial charge < -0.3 is 5.32 Å². The van der Waals surface area contributed by atoms with Crippen LogP contribution in [0.4, 0.5) is 0 Å². The van der Waals surface area contributed by atoms with E-state index in [9.17, 15) is 0 Å². The van der Waals surface area contributed by atoms with E-state index >= 15 is 0 Å². The number of pyridine rings is 1. The molecule has 21 heavy (non-hydrogen) atoms. The Kier molecular flexibility index (Phi) is 6.42. The molecular weight excluding hydrogens is 256 g/mol. The van der Waals surface area contributed by atoms with Crippen molar-refractivity contribution in [1.29, 1.82) is 0 Å². The summed E-state index contributed by atoms with van der Waals surface area (Å²) in [5.74, 6) is 0. The van der Waals surface area contributed by atoms with Crippen LogP contribution >= 0.6 is 0 Å². The lowest BCUT2D eigenvalue weighted by Gasteiger charge is -2.24. The lowest BCUT2D eigenvalue weighted by Crippen LogP contribution is -2.24. The van der Waals surface area contributed by atoms with Crippen molar-refractivity contribution in [2.75, 3.05) is 0 Å². The number of unbranched alkanes of at least 4 members (excludes halogenated alkanes) is 2. The van der Waals surface area contributed by atoms with Crippen LogP contribution in [0.2, 0.25) is 0 Å². The molecule has 1 aromatic carbocycles. The largest absolute Gasteiger partial charge is 0.303 e. The highest BCUT2D eigenvalue weighted by atomic mass is 14.9.